The highest BCUT2D eigenvalue weighted by Gasteiger charge is 2.16. The number of rotatable bonds is 8. The molecule has 164 valence electrons. The molecule has 0 bridgehead atoms. The van der Waals surface area contributed by atoms with Crippen LogP contribution in [-0.2, 0) is 30.8 Å². The van der Waals surface area contributed by atoms with Crippen LogP contribution in [0.4, 0.5) is 0 Å². The van der Waals surface area contributed by atoms with Crippen LogP contribution in [0.2, 0.25) is 0 Å². The van der Waals surface area contributed by atoms with E-state index in [2.05, 4.69) is 72.3 Å². The van der Waals surface area contributed by atoms with Crippen molar-refractivity contribution >= 4 is 5.91 Å². The zero-order valence-corrected chi connectivity index (χ0v) is 19.2. The summed E-state index contributed by atoms with van der Waals surface area (Å²) in [6.45, 7) is 15.3. The average Bonchev–Trinajstić information content (AvgIpc) is 2.95. The lowest BCUT2D eigenvalue weighted by Gasteiger charge is -2.32. The molecule has 0 spiro atoms. The average molecular weight is 412 g/mol. The summed E-state index contributed by atoms with van der Waals surface area (Å²) >= 11 is 0. The van der Waals surface area contributed by atoms with Crippen LogP contribution < -0.4 is 5.32 Å². The lowest BCUT2D eigenvalue weighted by molar-refractivity contribution is -0.120. The second-order valence-electron chi connectivity index (χ2n) is 9.08. The van der Waals surface area contributed by atoms with Gasteiger partial charge < -0.3 is 10.2 Å². The number of nitrogens with zero attached hydrogens (tertiary/aromatic N) is 4. The summed E-state index contributed by atoms with van der Waals surface area (Å²) in [4.78, 5) is 17.5. The van der Waals surface area contributed by atoms with Gasteiger partial charge in [0.15, 0.2) is 0 Å². The number of benzene rings is 1. The van der Waals surface area contributed by atoms with Gasteiger partial charge in [0.2, 0.25) is 5.91 Å². The Balaban J connectivity index is 1.53. The fourth-order valence-corrected chi connectivity index (χ4v) is 4.04. The molecule has 0 unspecified atom stereocenters. The lowest BCUT2D eigenvalue weighted by Crippen LogP contribution is -2.43. The molecule has 2 heterocycles. The molecule has 6 heteroatoms. The number of carbonyl (C=O) groups excluding carboxylic acids is 1. The van der Waals surface area contributed by atoms with E-state index in [1.165, 1.54) is 5.56 Å². The van der Waals surface area contributed by atoms with Crippen molar-refractivity contribution in [3.63, 3.8) is 0 Å². The van der Waals surface area contributed by atoms with Crippen molar-refractivity contribution in [3.05, 3.63) is 52.3 Å². The van der Waals surface area contributed by atoms with Crippen molar-refractivity contribution in [3.8, 4) is 0 Å². The maximum atomic E-state index is 12.6. The number of aryl methyl sites for hydroxylation is 1. The Morgan fingerprint density at radius 2 is 1.83 bits per heavy atom. The number of carbonyl (C=O) groups is 1. The SMILES string of the molecule is Cc1nn(CC(C)C)c(C)c1CC(=O)NCc1cccc(CN2CCN(C)CC2)c1. The molecule has 1 aliphatic heterocycles. The fourth-order valence-electron chi connectivity index (χ4n) is 4.04. The van der Waals surface area contributed by atoms with Crippen molar-refractivity contribution in [2.24, 2.45) is 5.92 Å². The van der Waals surface area contributed by atoms with Gasteiger partial charge in [-0.2, -0.15) is 5.10 Å². The Morgan fingerprint density at radius 3 is 2.53 bits per heavy atom. The molecule has 0 saturated carbocycles. The normalized spacial score (nSPS) is 15.7. The van der Waals surface area contributed by atoms with Gasteiger partial charge >= 0.3 is 0 Å². The van der Waals surface area contributed by atoms with E-state index in [0.29, 0.717) is 18.9 Å². The first kappa shape index (κ1) is 22.5. The van der Waals surface area contributed by atoms with Crippen LogP contribution >= 0.6 is 0 Å². The zero-order chi connectivity index (χ0) is 21.7. The van der Waals surface area contributed by atoms with Gasteiger partial charge in [0, 0.05) is 57.1 Å². The molecule has 0 radical (unpaired) electrons. The molecule has 0 atom stereocenters. The van der Waals surface area contributed by atoms with Crippen molar-refractivity contribution < 1.29 is 4.79 Å². The van der Waals surface area contributed by atoms with Gasteiger partial charge in [-0.15, -0.1) is 0 Å². The van der Waals surface area contributed by atoms with E-state index in [1.807, 2.05) is 11.6 Å². The van der Waals surface area contributed by atoms with E-state index in [9.17, 15) is 4.79 Å². The summed E-state index contributed by atoms with van der Waals surface area (Å²) < 4.78 is 2.03. The van der Waals surface area contributed by atoms with Gasteiger partial charge in [-0.05, 0) is 37.9 Å². The molecule has 1 saturated heterocycles. The number of aromatic nitrogens is 2. The Kier molecular flexibility index (Phi) is 7.67. The van der Waals surface area contributed by atoms with Crippen LogP contribution in [0.1, 0.15) is 41.9 Å². The highest BCUT2D eigenvalue weighted by molar-refractivity contribution is 5.79. The molecular formula is C24H37N5O. The molecule has 30 heavy (non-hydrogen) atoms. The second kappa shape index (κ2) is 10.2. The third-order valence-electron chi connectivity index (χ3n) is 5.89. The third-order valence-corrected chi connectivity index (χ3v) is 5.89. The van der Waals surface area contributed by atoms with Crippen LogP contribution in [0, 0.1) is 19.8 Å². The molecule has 1 aliphatic rings. The Bertz CT molecular complexity index is 849. The first-order chi connectivity index (χ1) is 14.3. The van der Waals surface area contributed by atoms with Crippen LogP contribution in [0.3, 0.4) is 0 Å². The van der Waals surface area contributed by atoms with Gasteiger partial charge in [0.25, 0.3) is 0 Å². The first-order valence-corrected chi connectivity index (χ1v) is 11.1. The molecule has 6 nitrogen and oxygen atoms in total. The number of nitrogens with one attached hydrogen (secondary N) is 1. The molecular weight excluding hydrogens is 374 g/mol. The van der Waals surface area contributed by atoms with Crippen LogP contribution in [-0.4, -0.2) is 58.7 Å². The Hall–Kier alpha value is -2.18. The lowest BCUT2D eigenvalue weighted by atomic mass is 10.1. The summed E-state index contributed by atoms with van der Waals surface area (Å²) in [7, 11) is 2.18. The maximum Gasteiger partial charge on any atom is 0.224 e. The molecule has 1 aromatic carbocycles. The second-order valence-corrected chi connectivity index (χ2v) is 9.08. The topological polar surface area (TPSA) is 53.4 Å². The molecule has 1 aromatic heterocycles. The van der Waals surface area contributed by atoms with E-state index in [1.54, 1.807) is 0 Å². The van der Waals surface area contributed by atoms with Crippen LogP contribution in [0.5, 0.6) is 0 Å². The van der Waals surface area contributed by atoms with E-state index >= 15 is 0 Å². The predicted molar refractivity (Wildman–Crippen MR) is 121 cm³/mol. The number of likely N-dealkylation sites (N-methyl/N-ethyl adjacent to an activating group) is 1. The summed E-state index contributed by atoms with van der Waals surface area (Å²) in [5, 5.41) is 7.71. The largest absolute Gasteiger partial charge is 0.352 e. The maximum absolute atomic E-state index is 12.6. The number of hydrogen-bond acceptors (Lipinski definition) is 4. The smallest absolute Gasteiger partial charge is 0.224 e. The zero-order valence-electron chi connectivity index (χ0n) is 19.2. The van der Waals surface area contributed by atoms with E-state index in [0.717, 1.165) is 61.8 Å². The molecule has 3 rings (SSSR count). The van der Waals surface area contributed by atoms with Crippen molar-refractivity contribution in [2.75, 3.05) is 33.2 Å². The molecule has 1 N–H and O–H groups in total. The van der Waals surface area contributed by atoms with E-state index in [-0.39, 0.29) is 5.91 Å². The van der Waals surface area contributed by atoms with Crippen LogP contribution in [0.15, 0.2) is 24.3 Å². The first-order valence-electron chi connectivity index (χ1n) is 11.1. The number of hydrogen-bond donors (Lipinski definition) is 1. The van der Waals surface area contributed by atoms with E-state index < -0.39 is 0 Å². The van der Waals surface area contributed by atoms with Gasteiger partial charge in [-0.1, -0.05) is 38.1 Å². The predicted octanol–water partition coefficient (Wildman–Crippen LogP) is 2.76. The molecule has 1 fully saturated rings. The molecule has 1 amide bonds. The summed E-state index contributed by atoms with van der Waals surface area (Å²) in [5.41, 5.74) is 5.58. The standard InChI is InChI=1S/C24H37N5O/c1-18(2)16-29-20(4)23(19(3)26-29)14-24(30)25-15-21-7-6-8-22(13-21)17-28-11-9-27(5)10-12-28/h6-8,13,18H,9-12,14-17H2,1-5H3,(H,25,30). The van der Waals surface area contributed by atoms with Gasteiger partial charge in [-0.25, -0.2) is 0 Å². The Morgan fingerprint density at radius 1 is 1.13 bits per heavy atom. The van der Waals surface area contributed by atoms with Crippen LogP contribution in [0.25, 0.3) is 0 Å². The highest BCUT2D eigenvalue weighted by Crippen LogP contribution is 2.16. The highest BCUT2D eigenvalue weighted by atomic mass is 16.1. The number of piperazine rings is 1. The van der Waals surface area contributed by atoms with Gasteiger partial charge in [-0.3, -0.25) is 14.4 Å². The minimum Gasteiger partial charge on any atom is -0.352 e. The monoisotopic (exact) mass is 411 g/mol. The van der Waals surface area contributed by atoms with E-state index in [4.69, 9.17) is 0 Å². The minimum atomic E-state index is 0.0507. The summed E-state index contributed by atoms with van der Waals surface area (Å²) in [5.74, 6) is 0.581. The van der Waals surface area contributed by atoms with Crippen molar-refractivity contribution in [1.29, 1.82) is 0 Å². The van der Waals surface area contributed by atoms with Gasteiger partial charge in [0.05, 0.1) is 12.1 Å². The van der Waals surface area contributed by atoms with Crippen molar-refractivity contribution in [2.45, 2.75) is 53.8 Å². The summed E-state index contributed by atoms with van der Waals surface area (Å²) in [6, 6.07) is 8.58. The quantitative estimate of drug-likeness (QED) is 0.726. The third kappa shape index (κ3) is 6.16. The summed E-state index contributed by atoms with van der Waals surface area (Å²) in [6.07, 6.45) is 0.386. The minimum absolute atomic E-state index is 0.0507. The molecule has 2 aromatic rings. The Labute approximate surface area is 181 Å². The van der Waals surface area contributed by atoms with Crippen molar-refractivity contribution in [1.82, 2.24) is 24.9 Å². The fraction of sp³-hybridized carbons (Fsp3) is 0.583. The van der Waals surface area contributed by atoms with Gasteiger partial charge in [0.1, 0.15) is 0 Å². The number of amides is 1. The molecule has 0 aliphatic carbocycles.